The third kappa shape index (κ3) is 4.52. The van der Waals surface area contributed by atoms with Crippen LogP contribution in [0, 0.1) is 5.92 Å². The van der Waals surface area contributed by atoms with Crippen LogP contribution in [0.2, 0.25) is 0 Å². The van der Waals surface area contributed by atoms with Gasteiger partial charge < -0.3 is 14.9 Å². The van der Waals surface area contributed by atoms with Crippen molar-refractivity contribution in [1.29, 1.82) is 0 Å². The van der Waals surface area contributed by atoms with E-state index < -0.39 is 10.0 Å². The smallest absolute Gasteiger partial charge is 0.243 e. The number of benzene rings is 2. The molecule has 2 bridgehead atoms. The van der Waals surface area contributed by atoms with E-state index >= 15 is 0 Å². The van der Waals surface area contributed by atoms with Crippen molar-refractivity contribution in [1.82, 2.24) is 14.1 Å². The molecule has 1 saturated carbocycles. The molecule has 37 heavy (non-hydrogen) atoms. The summed E-state index contributed by atoms with van der Waals surface area (Å²) in [5.41, 5.74) is 2.86. The molecule has 0 spiro atoms. The highest BCUT2D eigenvalue weighted by Gasteiger charge is 2.50. The molecule has 2 saturated heterocycles. The Balaban J connectivity index is 1.16. The van der Waals surface area contributed by atoms with Crippen molar-refractivity contribution in [2.45, 2.75) is 80.3 Å². The number of piperidine rings is 2. The summed E-state index contributed by atoms with van der Waals surface area (Å²) in [6.07, 6.45) is 7.03. The van der Waals surface area contributed by atoms with Crippen molar-refractivity contribution in [2.75, 3.05) is 33.2 Å². The Morgan fingerprint density at radius 1 is 1.00 bits per heavy atom. The first-order valence-corrected chi connectivity index (χ1v) is 15.6. The molecule has 7 heteroatoms. The van der Waals surface area contributed by atoms with E-state index in [2.05, 4.69) is 29.8 Å². The number of nitrogens with zero attached hydrogens (tertiary/aromatic N) is 3. The van der Waals surface area contributed by atoms with Gasteiger partial charge >= 0.3 is 0 Å². The van der Waals surface area contributed by atoms with Crippen LogP contribution >= 0.6 is 0 Å². The highest BCUT2D eigenvalue weighted by molar-refractivity contribution is 7.89. The van der Waals surface area contributed by atoms with Gasteiger partial charge in [0.15, 0.2) is 0 Å². The molecule has 4 aliphatic rings. The molecule has 6 rings (SSSR count). The minimum absolute atomic E-state index is 0.0890. The molecule has 3 fully saturated rings. The van der Waals surface area contributed by atoms with Crippen LogP contribution in [0.25, 0.3) is 0 Å². The van der Waals surface area contributed by atoms with E-state index in [1.807, 2.05) is 34.6 Å². The molecular weight excluding hydrogens is 482 g/mol. The summed E-state index contributed by atoms with van der Waals surface area (Å²) in [4.78, 5) is 5.51. The maximum atomic E-state index is 13.5. The summed E-state index contributed by atoms with van der Waals surface area (Å²) in [5.74, 6) is 0.919. The third-order valence-corrected chi connectivity index (χ3v) is 12.0. The van der Waals surface area contributed by atoms with Gasteiger partial charge in [0.1, 0.15) is 5.75 Å². The van der Waals surface area contributed by atoms with Gasteiger partial charge in [0.25, 0.3) is 0 Å². The molecule has 0 amide bonds. The van der Waals surface area contributed by atoms with Crippen LogP contribution < -0.4 is 0 Å². The van der Waals surface area contributed by atoms with Crippen LogP contribution in [0.15, 0.2) is 53.4 Å². The molecule has 1 unspecified atom stereocenters. The summed E-state index contributed by atoms with van der Waals surface area (Å²) in [7, 11) is -1.20. The van der Waals surface area contributed by atoms with Gasteiger partial charge in [-0.2, -0.15) is 4.31 Å². The van der Waals surface area contributed by atoms with Gasteiger partial charge in [0, 0.05) is 23.5 Å². The zero-order chi connectivity index (χ0) is 25.8. The lowest BCUT2D eigenvalue weighted by Crippen LogP contribution is -2.58. The fourth-order valence-corrected chi connectivity index (χ4v) is 9.59. The second-order valence-corrected chi connectivity index (χ2v) is 13.8. The Bertz CT molecular complexity index is 1220. The van der Waals surface area contributed by atoms with E-state index in [9.17, 15) is 13.5 Å². The quantitative estimate of drug-likeness (QED) is 0.588. The van der Waals surface area contributed by atoms with Crippen molar-refractivity contribution in [3.8, 4) is 5.75 Å². The lowest BCUT2D eigenvalue weighted by Gasteiger charge is -2.56. The van der Waals surface area contributed by atoms with Gasteiger partial charge in [-0.3, -0.25) is 0 Å². The Kier molecular flexibility index (Phi) is 6.63. The normalized spacial score (nSPS) is 29.4. The predicted octanol–water partition coefficient (Wildman–Crippen LogP) is 4.23. The van der Waals surface area contributed by atoms with Crippen LogP contribution in [-0.2, 0) is 21.9 Å². The average Bonchev–Trinajstić information content (AvgIpc) is 3.73. The van der Waals surface area contributed by atoms with Crippen molar-refractivity contribution in [3.63, 3.8) is 0 Å². The molecule has 6 nitrogen and oxygen atoms in total. The van der Waals surface area contributed by atoms with Crippen LogP contribution in [-0.4, -0.2) is 79.0 Å². The van der Waals surface area contributed by atoms with E-state index in [4.69, 9.17) is 0 Å². The zero-order valence-corrected chi connectivity index (χ0v) is 23.0. The Hall–Kier alpha value is -1.93. The molecular formula is C30H41N3O3S. The van der Waals surface area contributed by atoms with E-state index in [0.29, 0.717) is 22.6 Å². The van der Waals surface area contributed by atoms with Crippen LogP contribution in [0.1, 0.15) is 56.6 Å². The Morgan fingerprint density at radius 3 is 2.41 bits per heavy atom. The lowest BCUT2D eigenvalue weighted by molar-refractivity contribution is 0.0272. The first-order valence-electron chi connectivity index (χ1n) is 14.1. The maximum Gasteiger partial charge on any atom is 0.243 e. The molecule has 2 aliphatic carbocycles. The number of hydrogen-bond donors (Lipinski definition) is 1. The van der Waals surface area contributed by atoms with Crippen molar-refractivity contribution in [3.05, 3.63) is 59.7 Å². The Morgan fingerprint density at radius 2 is 1.70 bits per heavy atom. The second kappa shape index (κ2) is 9.67. The predicted molar refractivity (Wildman–Crippen MR) is 146 cm³/mol. The fourth-order valence-electron chi connectivity index (χ4n) is 7.64. The fraction of sp³-hybridized carbons (Fsp3) is 0.600. The van der Waals surface area contributed by atoms with Crippen LogP contribution in [0.3, 0.4) is 0 Å². The number of sulfonamides is 1. The molecule has 3 atom stereocenters. The SMILES string of the molecule is C[C@@H]1[C@@H]2Cc3ccc(O)cc3C1(CCN1CCC(N(C3CC3)S(=O)(=O)c3ccccc3)CC1)CCN2C. The first-order chi connectivity index (χ1) is 17.8. The third-order valence-electron chi connectivity index (χ3n) is 10.0. The summed E-state index contributed by atoms with van der Waals surface area (Å²) in [6, 6.07) is 15.8. The lowest BCUT2D eigenvalue weighted by atomic mass is 9.56. The van der Waals surface area contributed by atoms with Crippen molar-refractivity contribution in [2.24, 2.45) is 5.92 Å². The highest BCUT2D eigenvalue weighted by Crippen LogP contribution is 2.51. The van der Waals surface area contributed by atoms with E-state index in [1.165, 1.54) is 11.1 Å². The van der Waals surface area contributed by atoms with Gasteiger partial charge in [-0.1, -0.05) is 31.2 Å². The number of likely N-dealkylation sites (N-methyl/N-ethyl adjacent to an activating group) is 1. The number of aromatic hydroxyl groups is 1. The minimum Gasteiger partial charge on any atom is -0.508 e. The van der Waals surface area contributed by atoms with Gasteiger partial charge in [0.2, 0.25) is 10.0 Å². The first kappa shape index (κ1) is 25.4. The van der Waals surface area contributed by atoms with Gasteiger partial charge in [-0.25, -0.2) is 8.42 Å². The molecule has 0 radical (unpaired) electrons. The number of fused-ring (bicyclic) bond motifs is 4. The maximum absolute atomic E-state index is 13.5. The second-order valence-electron chi connectivity index (χ2n) is 12.0. The largest absolute Gasteiger partial charge is 0.508 e. The molecule has 2 aromatic rings. The van der Waals surface area contributed by atoms with Crippen molar-refractivity contribution < 1.29 is 13.5 Å². The van der Waals surface area contributed by atoms with E-state index in [0.717, 1.165) is 71.1 Å². The molecule has 2 aliphatic heterocycles. The van der Waals surface area contributed by atoms with Crippen LogP contribution in [0.5, 0.6) is 5.75 Å². The van der Waals surface area contributed by atoms with Crippen molar-refractivity contribution >= 4 is 10.0 Å². The molecule has 1 N–H and O–H groups in total. The number of phenolic OH excluding ortho intramolecular Hbond substituents is 1. The monoisotopic (exact) mass is 523 g/mol. The summed E-state index contributed by atoms with van der Waals surface area (Å²) in [5, 5.41) is 10.4. The zero-order valence-electron chi connectivity index (χ0n) is 22.2. The van der Waals surface area contributed by atoms with E-state index in [-0.39, 0.29) is 17.5 Å². The topological polar surface area (TPSA) is 64.1 Å². The molecule has 200 valence electrons. The molecule has 0 aromatic heterocycles. The molecule has 2 aromatic carbocycles. The van der Waals surface area contributed by atoms with Crippen LogP contribution in [0.4, 0.5) is 0 Å². The number of phenols is 1. The average molecular weight is 524 g/mol. The Labute approximate surface area is 222 Å². The minimum atomic E-state index is -3.46. The van der Waals surface area contributed by atoms with E-state index in [1.54, 1.807) is 12.1 Å². The number of hydrogen-bond acceptors (Lipinski definition) is 5. The number of likely N-dealkylation sites (tertiary alicyclic amines) is 2. The van der Waals surface area contributed by atoms with Gasteiger partial charge in [-0.15, -0.1) is 0 Å². The summed E-state index contributed by atoms with van der Waals surface area (Å²) in [6.45, 7) is 6.43. The highest BCUT2D eigenvalue weighted by atomic mass is 32.2. The molecule has 2 heterocycles. The summed E-state index contributed by atoms with van der Waals surface area (Å²) >= 11 is 0. The summed E-state index contributed by atoms with van der Waals surface area (Å²) < 4.78 is 28.9. The number of rotatable bonds is 7. The standard InChI is InChI=1S/C30H41N3O3S/c1-22-29-20-23-8-11-26(34)21-28(23)30(22,14-18-31(29)2)15-19-32-16-12-25(13-17-32)33(24-9-10-24)37(35,36)27-6-4-3-5-7-27/h3-8,11,21-22,24-25,29,34H,9-10,12-20H2,1-2H3/t22-,29+,30?/m1/s1. The van der Waals surface area contributed by atoms with Gasteiger partial charge in [-0.05, 0) is 119 Å². The van der Waals surface area contributed by atoms with Gasteiger partial charge in [0.05, 0.1) is 4.90 Å².